The first-order valence-corrected chi connectivity index (χ1v) is 7.97. The standard InChI is InChI=1S/C17H17Cl2N3O2/c1-10-5-4-6-14(11(10)2)21-15(23)9-22(3)17(24)12-7-13(18)16(19)20-8-12/h4-8H,9H2,1-3H3,(H,21,23). The Morgan fingerprint density at radius 1 is 1.25 bits per heavy atom. The lowest BCUT2D eigenvalue weighted by Gasteiger charge is -2.18. The number of carbonyl (C=O) groups excluding carboxylic acids is 2. The van der Waals surface area contributed by atoms with Gasteiger partial charge in [0.05, 0.1) is 17.1 Å². The Balaban J connectivity index is 2.04. The van der Waals surface area contributed by atoms with Gasteiger partial charge in [0.1, 0.15) is 5.15 Å². The number of carbonyl (C=O) groups is 2. The van der Waals surface area contributed by atoms with E-state index in [1.54, 1.807) is 0 Å². The van der Waals surface area contributed by atoms with Crippen molar-refractivity contribution in [3.05, 3.63) is 57.3 Å². The number of aromatic nitrogens is 1. The molecule has 1 aromatic heterocycles. The van der Waals surface area contributed by atoms with Gasteiger partial charge in [-0.25, -0.2) is 4.98 Å². The van der Waals surface area contributed by atoms with E-state index in [0.717, 1.165) is 16.8 Å². The second-order valence-electron chi connectivity index (χ2n) is 5.45. The molecule has 0 aliphatic rings. The van der Waals surface area contributed by atoms with Crippen LogP contribution in [0.1, 0.15) is 21.5 Å². The van der Waals surface area contributed by atoms with Crippen molar-refractivity contribution < 1.29 is 9.59 Å². The third-order valence-electron chi connectivity index (χ3n) is 3.65. The number of likely N-dealkylation sites (N-methyl/N-ethyl adjacent to an activating group) is 1. The van der Waals surface area contributed by atoms with Crippen LogP contribution in [0.3, 0.4) is 0 Å². The molecule has 0 bridgehead atoms. The summed E-state index contributed by atoms with van der Waals surface area (Å²) in [6.07, 6.45) is 1.33. The molecule has 2 amide bonds. The largest absolute Gasteiger partial charge is 0.332 e. The molecular weight excluding hydrogens is 349 g/mol. The molecule has 1 heterocycles. The van der Waals surface area contributed by atoms with Crippen molar-refractivity contribution >= 4 is 40.7 Å². The van der Waals surface area contributed by atoms with Crippen molar-refractivity contribution in [2.45, 2.75) is 13.8 Å². The van der Waals surface area contributed by atoms with Crippen molar-refractivity contribution in [1.82, 2.24) is 9.88 Å². The van der Waals surface area contributed by atoms with Crippen molar-refractivity contribution in [2.75, 3.05) is 18.9 Å². The Morgan fingerprint density at radius 2 is 1.96 bits per heavy atom. The number of aryl methyl sites for hydroxylation is 1. The maximum absolute atomic E-state index is 12.3. The van der Waals surface area contributed by atoms with Gasteiger partial charge >= 0.3 is 0 Å². The minimum absolute atomic E-state index is 0.0908. The maximum atomic E-state index is 12.3. The van der Waals surface area contributed by atoms with E-state index in [-0.39, 0.29) is 34.1 Å². The van der Waals surface area contributed by atoms with E-state index in [9.17, 15) is 9.59 Å². The first-order chi connectivity index (χ1) is 11.3. The Bertz CT molecular complexity index is 793. The number of nitrogens with one attached hydrogen (secondary N) is 1. The molecule has 1 N–H and O–H groups in total. The summed E-state index contributed by atoms with van der Waals surface area (Å²) in [6, 6.07) is 7.09. The van der Waals surface area contributed by atoms with E-state index < -0.39 is 0 Å². The minimum atomic E-state index is -0.364. The second-order valence-corrected chi connectivity index (χ2v) is 6.22. The normalized spacial score (nSPS) is 10.4. The summed E-state index contributed by atoms with van der Waals surface area (Å²) in [5.41, 5.74) is 3.08. The molecule has 7 heteroatoms. The van der Waals surface area contributed by atoms with Crippen molar-refractivity contribution in [3.8, 4) is 0 Å². The molecule has 126 valence electrons. The number of pyridine rings is 1. The highest BCUT2D eigenvalue weighted by Gasteiger charge is 2.17. The fourth-order valence-corrected chi connectivity index (χ4v) is 2.39. The quantitative estimate of drug-likeness (QED) is 0.839. The van der Waals surface area contributed by atoms with Gasteiger partial charge in [-0.2, -0.15) is 0 Å². The average Bonchev–Trinajstić information content (AvgIpc) is 2.53. The lowest BCUT2D eigenvalue weighted by atomic mass is 10.1. The number of anilines is 1. The van der Waals surface area contributed by atoms with E-state index in [1.165, 1.54) is 24.2 Å². The van der Waals surface area contributed by atoms with Crippen LogP contribution in [0.4, 0.5) is 5.69 Å². The van der Waals surface area contributed by atoms with E-state index in [4.69, 9.17) is 23.2 Å². The third-order valence-corrected chi connectivity index (χ3v) is 4.34. The number of hydrogen-bond donors (Lipinski definition) is 1. The molecule has 0 atom stereocenters. The van der Waals surface area contributed by atoms with Gasteiger partial charge in [-0.3, -0.25) is 9.59 Å². The van der Waals surface area contributed by atoms with Gasteiger partial charge < -0.3 is 10.2 Å². The third kappa shape index (κ3) is 4.24. The highest BCUT2D eigenvalue weighted by atomic mass is 35.5. The molecule has 1 aromatic carbocycles. The molecule has 0 unspecified atom stereocenters. The Morgan fingerprint density at radius 3 is 2.62 bits per heavy atom. The van der Waals surface area contributed by atoms with Crippen LogP contribution in [0.2, 0.25) is 10.2 Å². The summed E-state index contributed by atoms with van der Waals surface area (Å²) in [7, 11) is 1.54. The Labute approximate surface area is 150 Å². The van der Waals surface area contributed by atoms with Crippen LogP contribution in [0.5, 0.6) is 0 Å². The van der Waals surface area contributed by atoms with E-state index in [2.05, 4.69) is 10.3 Å². The zero-order chi connectivity index (χ0) is 17.9. The highest BCUT2D eigenvalue weighted by Crippen LogP contribution is 2.20. The molecule has 0 aliphatic carbocycles. The molecule has 0 spiro atoms. The molecule has 5 nitrogen and oxygen atoms in total. The highest BCUT2D eigenvalue weighted by molar-refractivity contribution is 6.41. The van der Waals surface area contributed by atoms with E-state index in [1.807, 2.05) is 32.0 Å². The van der Waals surface area contributed by atoms with Crippen LogP contribution in [0, 0.1) is 13.8 Å². The fourth-order valence-electron chi connectivity index (χ4n) is 2.12. The summed E-state index contributed by atoms with van der Waals surface area (Å²) in [4.78, 5) is 29.6. The van der Waals surface area contributed by atoms with Crippen molar-refractivity contribution in [1.29, 1.82) is 0 Å². The van der Waals surface area contributed by atoms with Crippen LogP contribution in [-0.2, 0) is 4.79 Å². The zero-order valence-corrected chi connectivity index (χ0v) is 15.1. The van der Waals surface area contributed by atoms with Gasteiger partial charge in [-0.15, -0.1) is 0 Å². The Hall–Kier alpha value is -2.11. The van der Waals surface area contributed by atoms with Gasteiger partial charge in [0.2, 0.25) is 5.91 Å². The monoisotopic (exact) mass is 365 g/mol. The fraction of sp³-hybridized carbons (Fsp3) is 0.235. The van der Waals surface area contributed by atoms with Crippen LogP contribution in [-0.4, -0.2) is 35.3 Å². The molecule has 0 fully saturated rings. The predicted molar refractivity (Wildman–Crippen MR) is 95.8 cm³/mol. The molecule has 2 aromatic rings. The van der Waals surface area contributed by atoms with Crippen LogP contribution < -0.4 is 5.32 Å². The maximum Gasteiger partial charge on any atom is 0.255 e. The Kier molecular flexibility index (Phi) is 5.80. The number of nitrogens with zero attached hydrogens (tertiary/aromatic N) is 2. The topological polar surface area (TPSA) is 62.3 Å². The average molecular weight is 366 g/mol. The van der Waals surface area contributed by atoms with Gasteiger partial charge in [0.15, 0.2) is 0 Å². The van der Waals surface area contributed by atoms with E-state index >= 15 is 0 Å². The smallest absolute Gasteiger partial charge is 0.255 e. The molecule has 0 aliphatic heterocycles. The van der Waals surface area contributed by atoms with Crippen molar-refractivity contribution in [2.24, 2.45) is 0 Å². The molecule has 0 saturated heterocycles. The lowest BCUT2D eigenvalue weighted by molar-refractivity contribution is -0.116. The second kappa shape index (κ2) is 7.64. The summed E-state index contributed by atoms with van der Waals surface area (Å²) >= 11 is 11.6. The molecule has 0 radical (unpaired) electrons. The lowest BCUT2D eigenvalue weighted by Crippen LogP contribution is -2.35. The van der Waals surface area contributed by atoms with Gasteiger partial charge in [0, 0.05) is 18.9 Å². The predicted octanol–water partition coefficient (Wildman–Crippen LogP) is 3.72. The number of hydrogen-bond acceptors (Lipinski definition) is 3. The first kappa shape index (κ1) is 18.2. The summed E-state index contributed by atoms with van der Waals surface area (Å²) < 4.78 is 0. The number of amides is 2. The summed E-state index contributed by atoms with van der Waals surface area (Å²) in [5, 5.41) is 3.13. The molecule has 24 heavy (non-hydrogen) atoms. The number of halogens is 2. The zero-order valence-electron chi connectivity index (χ0n) is 13.6. The van der Waals surface area contributed by atoms with E-state index in [0.29, 0.717) is 0 Å². The summed E-state index contributed by atoms with van der Waals surface area (Å²) in [6.45, 7) is 3.81. The summed E-state index contributed by atoms with van der Waals surface area (Å²) in [5.74, 6) is -0.648. The van der Waals surface area contributed by atoms with Gasteiger partial charge in [-0.05, 0) is 37.1 Å². The SMILES string of the molecule is Cc1cccc(NC(=O)CN(C)C(=O)c2cnc(Cl)c(Cl)c2)c1C. The molecular formula is C17H17Cl2N3O2. The first-order valence-electron chi connectivity index (χ1n) is 7.22. The van der Waals surface area contributed by atoms with Gasteiger partial charge in [0.25, 0.3) is 5.91 Å². The minimum Gasteiger partial charge on any atom is -0.332 e. The molecule has 2 rings (SSSR count). The van der Waals surface area contributed by atoms with Crippen molar-refractivity contribution in [3.63, 3.8) is 0 Å². The van der Waals surface area contributed by atoms with Crippen LogP contribution in [0.15, 0.2) is 30.5 Å². The number of rotatable bonds is 4. The van der Waals surface area contributed by atoms with Crippen LogP contribution >= 0.6 is 23.2 Å². The van der Waals surface area contributed by atoms with Crippen LogP contribution in [0.25, 0.3) is 0 Å². The molecule has 0 saturated carbocycles. The number of benzene rings is 1. The van der Waals surface area contributed by atoms with Gasteiger partial charge in [-0.1, -0.05) is 35.3 Å².